The molecule has 0 heterocycles. The van der Waals surface area contributed by atoms with E-state index in [0.717, 1.165) is 24.3 Å². The Kier molecular flexibility index (Phi) is 7.34. The quantitative estimate of drug-likeness (QED) is 0.718. The predicted octanol–water partition coefficient (Wildman–Crippen LogP) is 3.71. The van der Waals surface area contributed by atoms with Crippen LogP contribution in [0.3, 0.4) is 0 Å². The maximum absolute atomic E-state index is 12.9. The van der Waals surface area contributed by atoms with Crippen molar-refractivity contribution in [3.05, 3.63) is 65.5 Å². The van der Waals surface area contributed by atoms with Gasteiger partial charge in [-0.3, -0.25) is 4.79 Å². The number of ether oxygens (including phenoxy) is 1. The average molecular weight is 372 g/mol. The molecule has 2 aromatic carbocycles. The van der Waals surface area contributed by atoms with E-state index in [1.165, 1.54) is 12.1 Å². The first-order valence-corrected chi connectivity index (χ1v) is 9.01. The lowest BCUT2D eigenvalue weighted by molar-refractivity contribution is -0.124. The number of hydrogen-bond donors (Lipinski definition) is 1. The largest absolute Gasteiger partial charge is 0.452 e. The summed E-state index contributed by atoms with van der Waals surface area (Å²) in [7, 11) is 0. The number of hydrogen-bond acceptors (Lipinski definition) is 4. The van der Waals surface area contributed by atoms with E-state index in [-0.39, 0.29) is 18.5 Å². The fourth-order valence-corrected chi connectivity index (χ4v) is 2.73. The second-order valence-electron chi connectivity index (χ2n) is 6.14. The van der Waals surface area contributed by atoms with Gasteiger partial charge in [-0.2, -0.15) is 0 Å². The summed E-state index contributed by atoms with van der Waals surface area (Å²) in [6.45, 7) is 7.30. The highest BCUT2D eigenvalue weighted by Crippen LogP contribution is 2.16. The van der Waals surface area contributed by atoms with Crippen LogP contribution >= 0.6 is 0 Å². The molecule has 0 saturated heterocycles. The molecule has 27 heavy (non-hydrogen) atoms. The van der Waals surface area contributed by atoms with Crippen LogP contribution < -0.4 is 10.2 Å². The highest BCUT2D eigenvalue weighted by atomic mass is 19.1. The van der Waals surface area contributed by atoms with E-state index in [1.807, 2.05) is 12.1 Å². The first-order valence-electron chi connectivity index (χ1n) is 9.01. The van der Waals surface area contributed by atoms with Gasteiger partial charge < -0.3 is 15.0 Å². The van der Waals surface area contributed by atoms with Crippen LogP contribution in [0.4, 0.5) is 10.1 Å². The third kappa shape index (κ3) is 5.81. The highest BCUT2D eigenvalue weighted by molar-refractivity contribution is 5.91. The molecule has 6 heteroatoms. The lowest BCUT2D eigenvalue weighted by atomic mass is 10.1. The molecule has 0 spiro atoms. The average Bonchev–Trinajstić information content (AvgIpc) is 2.68. The Morgan fingerprint density at radius 1 is 1.04 bits per heavy atom. The predicted molar refractivity (Wildman–Crippen MR) is 103 cm³/mol. The molecule has 2 rings (SSSR count). The van der Waals surface area contributed by atoms with Gasteiger partial charge >= 0.3 is 5.97 Å². The number of nitrogens with zero attached hydrogens (tertiary/aromatic N) is 1. The molecular weight excluding hydrogens is 347 g/mol. The Morgan fingerprint density at radius 3 is 2.19 bits per heavy atom. The smallest absolute Gasteiger partial charge is 0.338 e. The van der Waals surface area contributed by atoms with Crippen LogP contribution in [0.2, 0.25) is 0 Å². The number of halogens is 1. The van der Waals surface area contributed by atoms with Gasteiger partial charge in [0, 0.05) is 18.8 Å². The minimum absolute atomic E-state index is 0.315. The van der Waals surface area contributed by atoms with Gasteiger partial charge in [-0.05, 0) is 62.7 Å². The van der Waals surface area contributed by atoms with Crippen molar-refractivity contribution in [1.82, 2.24) is 5.32 Å². The van der Waals surface area contributed by atoms with E-state index < -0.39 is 11.9 Å². The Hall–Kier alpha value is -2.89. The Morgan fingerprint density at radius 2 is 1.63 bits per heavy atom. The monoisotopic (exact) mass is 372 g/mol. The Labute approximate surface area is 159 Å². The molecule has 0 aliphatic heterocycles. The molecule has 0 fully saturated rings. The summed E-state index contributed by atoms with van der Waals surface area (Å²) in [6, 6.07) is 12.7. The Bertz CT molecular complexity index is 756. The zero-order valence-electron chi connectivity index (χ0n) is 15.9. The van der Waals surface area contributed by atoms with Crippen LogP contribution in [-0.4, -0.2) is 31.6 Å². The number of rotatable bonds is 8. The van der Waals surface area contributed by atoms with E-state index in [4.69, 9.17) is 4.74 Å². The van der Waals surface area contributed by atoms with E-state index >= 15 is 0 Å². The molecule has 0 unspecified atom stereocenters. The minimum Gasteiger partial charge on any atom is -0.452 e. The van der Waals surface area contributed by atoms with Gasteiger partial charge in [0.1, 0.15) is 5.82 Å². The molecule has 1 amide bonds. The number of carbonyl (C=O) groups is 2. The van der Waals surface area contributed by atoms with Crippen molar-refractivity contribution in [2.24, 2.45) is 0 Å². The van der Waals surface area contributed by atoms with Crippen molar-refractivity contribution in [2.45, 2.75) is 26.8 Å². The number of esters is 1. The molecule has 0 radical (unpaired) electrons. The zero-order valence-corrected chi connectivity index (χ0v) is 15.9. The molecule has 1 atom stereocenters. The van der Waals surface area contributed by atoms with Crippen LogP contribution in [0, 0.1) is 5.82 Å². The van der Waals surface area contributed by atoms with Crippen molar-refractivity contribution in [2.75, 3.05) is 24.6 Å². The number of anilines is 1. The summed E-state index contributed by atoms with van der Waals surface area (Å²) in [5, 5.41) is 2.72. The summed E-state index contributed by atoms with van der Waals surface area (Å²) in [4.78, 5) is 26.3. The van der Waals surface area contributed by atoms with Gasteiger partial charge in [0.05, 0.1) is 11.6 Å². The van der Waals surface area contributed by atoms with Crippen molar-refractivity contribution in [1.29, 1.82) is 0 Å². The van der Waals surface area contributed by atoms with E-state index in [1.54, 1.807) is 31.2 Å². The summed E-state index contributed by atoms with van der Waals surface area (Å²) >= 11 is 0. The lowest BCUT2D eigenvalue weighted by Gasteiger charge is -2.21. The zero-order chi connectivity index (χ0) is 19.8. The maximum atomic E-state index is 12.9. The van der Waals surface area contributed by atoms with E-state index in [2.05, 4.69) is 24.1 Å². The highest BCUT2D eigenvalue weighted by Gasteiger charge is 2.13. The second-order valence-corrected chi connectivity index (χ2v) is 6.14. The SMILES string of the molecule is CCN(CC)c1ccc(C(=O)OCC(=O)N[C@H](C)c2ccc(F)cc2)cc1. The fourth-order valence-electron chi connectivity index (χ4n) is 2.73. The summed E-state index contributed by atoms with van der Waals surface area (Å²) in [5.74, 6) is -1.30. The van der Waals surface area contributed by atoms with Crippen LogP contribution in [0.1, 0.15) is 42.7 Å². The fraction of sp³-hybridized carbons (Fsp3) is 0.333. The molecule has 0 aromatic heterocycles. The minimum atomic E-state index is -0.550. The van der Waals surface area contributed by atoms with Gasteiger partial charge in [0.25, 0.3) is 5.91 Å². The van der Waals surface area contributed by atoms with E-state index in [9.17, 15) is 14.0 Å². The van der Waals surface area contributed by atoms with Gasteiger partial charge in [-0.25, -0.2) is 9.18 Å². The van der Waals surface area contributed by atoms with Crippen LogP contribution in [0.15, 0.2) is 48.5 Å². The van der Waals surface area contributed by atoms with Gasteiger partial charge in [-0.1, -0.05) is 12.1 Å². The van der Waals surface area contributed by atoms with Crippen molar-refractivity contribution < 1.29 is 18.7 Å². The molecule has 0 aliphatic rings. The third-order valence-corrected chi connectivity index (χ3v) is 4.31. The first kappa shape index (κ1) is 20.4. The molecule has 144 valence electrons. The molecular formula is C21H25FN2O3. The molecule has 0 saturated carbocycles. The standard InChI is InChI=1S/C21H25FN2O3/c1-4-24(5-2)19-12-8-17(9-13-19)21(26)27-14-20(25)23-15(3)16-6-10-18(22)11-7-16/h6-13,15H,4-5,14H2,1-3H3,(H,23,25)/t15-/m1/s1. The number of carbonyl (C=O) groups excluding carboxylic acids is 2. The van der Waals surface area contributed by atoms with Crippen molar-refractivity contribution >= 4 is 17.6 Å². The summed E-state index contributed by atoms with van der Waals surface area (Å²) in [6.07, 6.45) is 0. The van der Waals surface area contributed by atoms with Crippen LogP contribution in [0.5, 0.6) is 0 Å². The molecule has 0 bridgehead atoms. The van der Waals surface area contributed by atoms with Gasteiger partial charge in [-0.15, -0.1) is 0 Å². The maximum Gasteiger partial charge on any atom is 0.338 e. The number of amides is 1. The normalized spacial score (nSPS) is 11.6. The van der Waals surface area contributed by atoms with Crippen molar-refractivity contribution in [3.63, 3.8) is 0 Å². The first-order chi connectivity index (χ1) is 12.9. The second kappa shape index (κ2) is 9.71. The van der Waals surface area contributed by atoms with Gasteiger partial charge in [0.2, 0.25) is 0 Å². The Balaban J connectivity index is 1.85. The number of benzene rings is 2. The molecule has 2 aromatic rings. The summed E-state index contributed by atoms with van der Waals surface area (Å²) < 4.78 is 18.0. The lowest BCUT2D eigenvalue weighted by Crippen LogP contribution is -2.31. The van der Waals surface area contributed by atoms with Gasteiger partial charge in [0.15, 0.2) is 6.61 Å². The van der Waals surface area contributed by atoms with Crippen LogP contribution in [-0.2, 0) is 9.53 Å². The molecule has 0 aliphatic carbocycles. The summed E-state index contributed by atoms with van der Waals surface area (Å²) in [5.41, 5.74) is 2.19. The third-order valence-electron chi connectivity index (χ3n) is 4.31. The van der Waals surface area contributed by atoms with E-state index in [0.29, 0.717) is 5.56 Å². The molecule has 5 nitrogen and oxygen atoms in total. The van der Waals surface area contributed by atoms with Crippen molar-refractivity contribution in [3.8, 4) is 0 Å². The number of nitrogens with one attached hydrogen (secondary N) is 1. The van der Waals surface area contributed by atoms with Crippen LogP contribution in [0.25, 0.3) is 0 Å². The topological polar surface area (TPSA) is 58.6 Å². The molecule has 1 N–H and O–H groups in total.